The smallest absolute Gasteiger partial charge is 0.266 e. The standard InChI is InChI=1S/C20H11Cl3N2O2/c21-13-2-1-3-15(9-13)25-20(26)12(11-24)8-16-5-7-19(27-16)17-10-14(22)4-6-18(17)23/h1-10H,(H,25,26)/b12-8+. The molecule has 0 aliphatic heterocycles. The number of carbonyl (C=O) groups excluding carboxylic acids is 1. The van der Waals surface area contributed by atoms with Crippen LogP contribution in [-0.2, 0) is 4.79 Å². The molecule has 1 amide bonds. The minimum atomic E-state index is -0.571. The zero-order valence-corrected chi connectivity index (χ0v) is 15.9. The quantitative estimate of drug-likeness (QED) is 0.392. The van der Waals surface area contributed by atoms with E-state index >= 15 is 0 Å². The van der Waals surface area contributed by atoms with Gasteiger partial charge in [-0.2, -0.15) is 5.26 Å². The number of halogens is 3. The van der Waals surface area contributed by atoms with Crippen LogP contribution in [0, 0.1) is 11.3 Å². The fraction of sp³-hybridized carbons (Fsp3) is 0. The molecule has 27 heavy (non-hydrogen) atoms. The first kappa shape index (κ1) is 19.1. The van der Waals surface area contributed by atoms with Crippen LogP contribution in [0.4, 0.5) is 5.69 Å². The second kappa shape index (κ2) is 8.32. The number of nitrogens with one attached hydrogen (secondary N) is 1. The third-order valence-corrected chi connectivity index (χ3v) is 4.35. The molecule has 0 unspecified atom stereocenters. The van der Waals surface area contributed by atoms with E-state index in [0.29, 0.717) is 37.8 Å². The topological polar surface area (TPSA) is 66.0 Å². The van der Waals surface area contributed by atoms with Gasteiger partial charge in [0, 0.05) is 27.4 Å². The van der Waals surface area contributed by atoms with Crippen LogP contribution in [0.3, 0.4) is 0 Å². The van der Waals surface area contributed by atoms with Crippen LogP contribution in [-0.4, -0.2) is 5.91 Å². The van der Waals surface area contributed by atoms with Crippen LogP contribution in [0.25, 0.3) is 17.4 Å². The first-order chi connectivity index (χ1) is 13.0. The van der Waals surface area contributed by atoms with Crippen LogP contribution in [0.1, 0.15) is 5.76 Å². The van der Waals surface area contributed by atoms with E-state index in [1.54, 1.807) is 54.6 Å². The molecule has 0 atom stereocenters. The maximum atomic E-state index is 12.3. The lowest BCUT2D eigenvalue weighted by Crippen LogP contribution is -2.13. The Balaban J connectivity index is 1.84. The van der Waals surface area contributed by atoms with Crippen LogP contribution in [0.5, 0.6) is 0 Å². The van der Waals surface area contributed by atoms with Crippen molar-refractivity contribution in [3.8, 4) is 17.4 Å². The Morgan fingerprint density at radius 2 is 1.81 bits per heavy atom. The van der Waals surface area contributed by atoms with Crippen LogP contribution in [0.15, 0.2) is 64.6 Å². The molecule has 0 bridgehead atoms. The van der Waals surface area contributed by atoms with E-state index in [1.807, 2.05) is 6.07 Å². The second-order valence-corrected chi connectivity index (χ2v) is 6.74. The summed E-state index contributed by atoms with van der Waals surface area (Å²) in [6.07, 6.45) is 1.35. The van der Waals surface area contributed by atoms with Crippen LogP contribution < -0.4 is 5.32 Å². The van der Waals surface area contributed by atoms with Crippen molar-refractivity contribution in [2.75, 3.05) is 5.32 Å². The summed E-state index contributed by atoms with van der Waals surface area (Å²) in [5.41, 5.74) is 0.985. The van der Waals surface area contributed by atoms with Gasteiger partial charge in [-0.3, -0.25) is 4.79 Å². The monoisotopic (exact) mass is 416 g/mol. The highest BCUT2D eigenvalue weighted by atomic mass is 35.5. The van der Waals surface area contributed by atoms with Crippen molar-refractivity contribution in [3.05, 3.63) is 81.0 Å². The number of hydrogen-bond donors (Lipinski definition) is 1. The SMILES string of the molecule is N#C/C(=C\c1ccc(-c2cc(Cl)ccc2Cl)o1)C(=O)Nc1cccc(Cl)c1. The van der Waals surface area contributed by atoms with E-state index in [-0.39, 0.29) is 5.57 Å². The summed E-state index contributed by atoms with van der Waals surface area (Å²) in [5, 5.41) is 13.4. The summed E-state index contributed by atoms with van der Waals surface area (Å²) in [6.45, 7) is 0. The predicted molar refractivity (Wildman–Crippen MR) is 108 cm³/mol. The third kappa shape index (κ3) is 4.72. The van der Waals surface area contributed by atoms with Gasteiger partial charge in [-0.05, 0) is 48.5 Å². The molecule has 134 valence electrons. The number of carbonyl (C=O) groups is 1. The largest absolute Gasteiger partial charge is 0.457 e. The Labute approximate surface area is 170 Å². The van der Waals surface area contributed by atoms with Gasteiger partial charge in [0.1, 0.15) is 23.2 Å². The molecule has 1 heterocycles. The first-order valence-electron chi connectivity index (χ1n) is 7.70. The van der Waals surface area contributed by atoms with Gasteiger partial charge in [-0.1, -0.05) is 40.9 Å². The van der Waals surface area contributed by atoms with Gasteiger partial charge in [-0.15, -0.1) is 0 Å². The molecule has 7 heteroatoms. The van der Waals surface area contributed by atoms with Gasteiger partial charge in [0.2, 0.25) is 0 Å². The number of amides is 1. The summed E-state index contributed by atoms with van der Waals surface area (Å²) in [7, 11) is 0. The average molecular weight is 418 g/mol. The number of furan rings is 1. The number of rotatable bonds is 4. The van der Waals surface area contributed by atoms with E-state index in [4.69, 9.17) is 39.2 Å². The molecule has 1 aromatic heterocycles. The van der Waals surface area contributed by atoms with Crippen molar-refractivity contribution < 1.29 is 9.21 Å². The second-order valence-electron chi connectivity index (χ2n) is 5.46. The fourth-order valence-corrected chi connectivity index (χ4v) is 2.89. The molecule has 2 aromatic carbocycles. The number of anilines is 1. The third-order valence-electron chi connectivity index (χ3n) is 3.55. The van der Waals surface area contributed by atoms with Crippen molar-refractivity contribution in [2.45, 2.75) is 0 Å². The molecule has 3 rings (SSSR count). The molecule has 0 saturated carbocycles. The minimum Gasteiger partial charge on any atom is -0.457 e. The van der Waals surface area contributed by atoms with E-state index in [1.165, 1.54) is 6.08 Å². The summed E-state index contributed by atoms with van der Waals surface area (Å²) in [5.74, 6) is 0.235. The molecule has 0 spiro atoms. The Kier molecular flexibility index (Phi) is 5.88. The zero-order valence-electron chi connectivity index (χ0n) is 13.7. The molecule has 0 fully saturated rings. The average Bonchev–Trinajstić information content (AvgIpc) is 3.10. The highest BCUT2D eigenvalue weighted by Gasteiger charge is 2.13. The maximum absolute atomic E-state index is 12.3. The highest BCUT2D eigenvalue weighted by molar-refractivity contribution is 6.35. The van der Waals surface area contributed by atoms with E-state index in [2.05, 4.69) is 5.32 Å². The zero-order chi connectivity index (χ0) is 19.4. The van der Waals surface area contributed by atoms with Gasteiger partial charge in [0.05, 0.1) is 5.02 Å². The Bertz CT molecular complexity index is 1080. The molecule has 0 aliphatic rings. The Morgan fingerprint density at radius 1 is 1.04 bits per heavy atom. The van der Waals surface area contributed by atoms with Gasteiger partial charge < -0.3 is 9.73 Å². The molecule has 0 aliphatic carbocycles. The molecule has 0 saturated heterocycles. The lowest BCUT2D eigenvalue weighted by atomic mass is 10.2. The summed E-state index contributed by atoms with van der Waals surface area (Å²) in [4.78, 5) is 12.3. The van der Waals surface area contributed by atoms with Gasteiger partial charge in [0.15, 0.2) is 0 Å². The molecule has 4 nitrogen and oxygen atoms in total. The fourth-order valence-electron chi connectivity index (χ4n) is 2.32. The molecule has 3 aromatic rings. The van der Waals surface area contributed by atoms with Crippen molar-refractivity contribution in [1.82, 2.24) is 0 Å². The minimum absolute atomic E-state index is 0.118. The first-order valence-corrected chi connectivity index (χ1v) is 8.83. The van der Waals surface area contributed by atoms with Gasteiger partial charge in [0.25, 0.3) is 5.91 Å². The molecular formula is C20H11Cl3N2O2. The maximum Gasteiger partial charge on any atom is 0.266 e. The lowest BCUT2D eigenvalue weighted by molar-refractivity contribution is -0.112. The van der Waals surface area contributed by atoms with E-state index in [0.717, 1.165) is 0 Å². The molecular weight excluding hydrogens is 407 g/mol. The lowest BCUT2D eigenvalue weighted by Gasteiger charge is -2.04. The Hall–Kier alpha value is -2.71. The number of benzene rings is 2. The van der Waals surface area contributed by atoms with Gasteiger partial charge >= 0.3 is 0 Å². The number of nitrogens with zero attached hydrogens (tertiary/aromatic N) is 1. The van der Waals surface area contributed by atoms with Gasteiger partial charge in [-0.25, -0.2) is 0 Å². The van der Waals surface area contributed by atoms with Crippen molar-refractivity contribution >= 4 is 52.5 Å². The van der Waals surface area contributed by atoms with E-state index < -0.39 is 5.91 Å². The number of nitriles is 1. The molecule has 0 radical (unpaired) electrons. The Morgan fingerprint density at radius 3 is 2.56 bits per heavy atom. The molecule has 1 N–H and O–H groups in total. The van der Waals surface area contributed by atoms with Crippen molar-refractivity contribution in [1.29, 1.82) is 5.26 Å². The van der Waals surface area contributed by atoms with Crippen molar-refractivity contribution in [3.63, 3.8) is 0 Å². The van der Waals surface area contributed by atoms with Crippen molar-refractivity contribution in [2.24, 2.45) is 0 Å². The summed E-state index contributed by atoms with van der Waals surface area (Å²) in [6, 6.07) is 16.8. The predicted octanol–water partition coefficient (Wildman–Crippen LogP) is 6.45. The van der Waals surface area contributed by atoms with Crippen LogP contribution >= 0.6 is 34.8 Å². The summed E-state index contributed by atoms with van der Waals surface area (Å²) >= 11 is 18.0. The highest BCUT2D eigenvalue weighted by Crippen LogP contribution is 2.32. The summed E-state index contributed by atoms with van der Waals surface area (Å²) < 4.78 is 5.69. The number of hydrogen-bond acceptors (Lipinski definition) is 3. The van der Waals surface area contributed by atoms with E-state index in [9.17, 15) is 10.1 Å². The van der Waals surface area contributed by atoms with Crippen LogP contribution in [0.2, 0.25) is 15.1 Å². The normalized spacial score (nSPS) is 11.1.